The van der Waals surface area contributed by atoms with E-state index in [1.165, 1.54) is 10.7 Å². The number of hydrogen-bond acceptors (Lipinski definition) is 8. The maximum absolute atomic E-state index is 14.4. The molecule has 1 saturated carbocycles. The molecular formula is C22H22FN9O2. The van der Waals surface area contributed by atoms with Crippen LogP contribution in [0.2, 0.25) is 0 Å². The number of fused-ring (bicyclic) bond motifs is 1. The first kappa shape index (κ1) is 21.5. The van der Waals surface area contributed by atoms with Crippen LogP contribution in [0.25, 0.3) is 11.5 Å². The first-order valence-corrected chi connectivity index (χ1v) is 10.7. The van der Waals surface area contributed by atoms with Gasteiger partial charge in [-0.05, 0) is 31.4 Å². The van der Waals surface area contributed by atoms with Crippen molar-refractivity contribution in [3.8, 4) is 5.82 Å². The smallest absolute Gasteiger partial charge is 0.280 e. The Morgan fingerprint density at radius 1 is 1.24 bits per heavy atom. The van der Waals surface area contributed by atoms with Crippen LogP contribution >= 0.6 is 0 Å². The number of rotatable bonds is 6. The molecule has 0 spiro atoms. The van der Waals surface area contributed by atoms with Crippen molar-refractivity contribution in [2.75, 3.05) is 17.7 Å². The number of amides is 1. The normalized spacial score (nSPS) is 16.9. The topological polar surface area (TPSA) is 131 Å². The van der Waals surface area contributed by atoms with Gasteiger partial charge >= 0.3 is 0 Å². The summed E-state index contributed by atoms with van der Waals surface area (Å²) in [5.41, 5.74) is 0.660. The van der Waals surface area contributed by atoms with E-state index in [1.54, 1.807) is 32.2 Å². The lowest BCUT2D eigenvalue weighted by molar-refractivity contribution is 0.0951. The molecule has 0 radical (unpaired) electrons. The van der Waals surface area contributed by atoms with Crippen LogP contribution < -0.4 is 21.5 Å². The van der Waals surface area contributed by atoms with Gasteiger partial charge in [-0.1, -0.05) is 6.92 Å². The van der Waals surface area contributed by atoms with E-state index in [2.05, 4.69) is 43.2 Å². The van der Waals surface area contributed by atoms with Crippen LogP contribution in [0, 0.1) is 18.7 Å². The maximum atomic E-state index is 14.4. The second-order valence-corrected chi connectivity index (χ2v) is 8.27. The summed E-state index contributed by atoms with van der Waals surface area (Å²) in [6, 6.07) is 6.07. The van der Waals surface area contributed by atoms with Crippen molar-refractivity contribution >= 4 is 28.9 Å². The summed E-state index contributed by atoms with van der Waals surface area (Å²) in [6.45, 7) is 3.82. The monoisotopic (exact) mass is 463 g/mol. The number of anilines is 3. The van der Waals surface area contributed by atoms with E-state index in [4.69, 9.17) is 0 Å². The van der Waals surface area contributed by atoms with Crippen molar-refractivity contribution in [3.05, 3.63) is 64.1 Å². The lowest BCUT2D eigenvalue weighted by atomic mass is 10.3. The molecule has 2 atom stereocenters. The third-order valence-electron chi connectivity index (χ3n) is 5.68. The fraction of sp³-hybridized carbons (Fsp3) is 0.273. The summed E-state index contributed by atoms with van der Waals surface area (Å²) in [7, 11) is 1.69. The van der Waals surface area contributed by atoms with Crippen LogP contribution in [-0.4, -0.2) is 48.4 Å². The molecule has 1 aliphatic carbocycles. The van der Waals surface area contributed by atoms with Crippen molar-refractivity contribution in [2.24, 2.45) is 5.92 Å². The molecule has 1 aliphatic rings. The second-order valence-electron chi connectivity index (χ2n) is 8.27. The third-order valence-corrected chi connectivity index (χ3v) is 5.68. The van der Waals surface area contributed by atoms with Gasteiger partial charge in [-0.15, -0.1) is 5.10 Å². The summed E-state index contributed by atoms with van der Waals surface area (Å²) in [4.78, 5) is 30.3. The molecule has 11 nitrogen and oxygen atoms in total. The fourth-order valence-corrected chi connectivity index (χ4v) is 3.60. The Kier molecular flexibility index (Phi) is 5.19. The Balaban J connectivity index is 1.53. The highest BCUT2D eigenvalue weighted by Crippen LogP contribution is 2.29. The van der Waals surface area contributed by atoms with E-state index in [9.17, 15) is 14.0 Å². The number of carbonyl (C=O) groups excluding carboxylic acids is 1. The first-order valence-electron chi connectivity index (χ1n) is 10.7. The van der Waals surface area contributed by atoms with E-state index in [0.29, 0.717) is 28.6 Å². The molecular weight excluding hydrogens is 441 g/mol. The molecule has 4 aromatic rings. The lowest BCUT2D eigenvalue weighted by Crippen LogP contribution is -2.26. The molecule has 12 heteroatoms. The highest BCUT2D eigenvalue weighted by Gasteiger charge is 2.34. The van der Waals surface area contributed by atoms with Gasteiger partial charge < -0.3 is 16.0 Å². The average molecular weight is 463 g/mol. The molecule has 4 heterocycles. The average Bonchev–Trinajstić information content (AvgIpc) is 3.33. The Morgan fingerprint density at radius 3 is 2.71 bits per heavy atom. The molecule has 0 bridgehead atoms. The number of carbonyl (C=O) groups is 1. The Bertz CT molecular complexity index is 1460. The van der Waals surface area contributed by atoms with Crippen LogP contribution in [0.1, 0.15) is 29.4 Å². The standard InChI is InChI=1S/C22H22FN9O2/c1-11-6-15(11)27-21(33)14-9-25-32-19(24-3)8-17(28-20(14)32)26-16-7-13(23)10-31(22(16)34)18-5-4-12(2)29-30-18/h4-5,7-11,15,24H,6H2,1-3H3,(H,26,28)(H,27,33)/t11-,15+/m0/s1. The zero-order valence-corrected chi connectivity index (χ0v) is 18.7. The quantitative estimate of drug-likeness (QED) is 0.396. The first-order chi connectivity index (χ1) is 16.3. The summed E-state index contributed by atoms with van der Waals surface area (Å²) in [6.07, 6.45) is 3.42. The van der Waals surface area contributed by atoms with Crippen LogP contribution in [0.5, 0.6) is 0 Å². The van der Waals surface area contributed by atoms with Gasteiger partial charge in [0.05, 0.1) is 18.1 Å². The van der Waals surface area contributed by atoms with Crippen LogP contribution in [0.4, 0.5) is 21.7 Å². The number of nitrogens with one attached hydrogen (secondary N) is 3. The predicted octanol–water partition coefficient (Wildman–Crippen LogP) is 2.04. The largest absolute Gasteiger partial charge is 0.373 e. The number of hydrogen-bond donors (Lipinski definition) is 3. The fourth-order valence-electron chi connectivity index (χ4n) is 3.60. The highest BCUT2D eigenvalue weighted by molar-refractivity contribution is 6.00. The Hall–Kier alpha value is -4.35. The number of aromatic nitrogens is 6. The zero-order chi connectivity index (χ0) is 24.0. The summed E-state index contributed by atoms with van der Waals surface area (Å²) in [5, 5.41) is 21.0. The molecule has 0 unspecified atom stereocenters. The van der Waals surface area contributed by atoms with E-state index in [1.807, 2.05) is 0 Å². The summed E-state index contributed by atoms with van der Waals surface area (Å²) >= 11 is 0. The predicted molar refractivity (Wildman–Crippen MR) is 123 cm³/mol. The minimum Gasteiger partial charge on any atom is -0.373 e. The van der Waals surface area contributed by atoms with Crippen molar-refractivity contribution in [2.45, 2.75) is 26.3 Å². The summed E-state index contributed by atoms with van der Waals surface area (Å²) < 4.78 is 17.0. The van der Waals surface area contributed by atoms with E-state index < -0.39 is 11.4 Å². The SMILES string of the molecule is CNc1cc(Nc2cc(F)cn(-c3ccc(C)nn3)c2=O)nc2c(C(=O)N[C@@H]3C[C@@H]3C)cnn12. The van der Waals surface area contributed by atoms with Crippen molar-refractivity contribution in [1.82, 2.24) is 34.7 Å². The molecule has 0 aliphatic heterocycles. The molecule has 5 rings (SSSR count). The minimum absolute atomic E-state index is 0.0569. The molecule has 3 N–H and O–H groups in total. The zero-order valence-electron chi connectivity index (χ0n) is 18.7. The van der Waals surface area contributed by atoms with E-state index in [0.717, 1.165) is 23.3 Å². The van der Waals surface area contributed by atoms with E-state index >= 15 is 0 Å². The van der Waals surface area contributed by atoms with Crippen molar-refractivity contribution in [3.63, 3.8) is 0 Å². The number of pyridine rings is 1. The number of nitrogens with zero attached hydrogens (tertiary/aromatic N) is 6. The maximum Gasteiger partial charge on any atom is 0.280 e. The van der Waals surface area contributed by atoms with Gasteiger partial charge in [-0.3, -0.25) is 14.2 Å². The van der Waals surface area contributed by atoms with Gasteiger partial charge in [0.25, 0.3) is 11.5 Å². The Morgan fingerprint density at radius 2 is 2.03 bits per heavy atom. The van der Waals surface area contributed by atoms with Crippen LogP contribution in [-0.2, 0) is 0 Å². The minimum atomic E-state index is -0.651. The summed E-state index contributed by atoms with van der Waals surface area (Å²) in [5.74, 6) is 0.450. The molecule has 1 amide bonds. The van der Waals surface area contributed by atoms with Crippen molar-refractivity contribution < 1.29 is 9.18 Å². The molecule has 34 heavy (non-hydrogen) atoms. The van der Waals surface area contributed by atoms with Crippen LogP contribution in [0.15, 0.2) is 41.5 Å². The molecule has 1 fully saturated rings. The molecule has 4 aromatic heterocycles. The third kappa shape index (κ3) is 3.93. The highest BCUT2D eigenvalue weighted by atomic mass is 19.1. The van der Waals surface area contributed by atoms with Gasteiger partial charge in [0.2, 0.25) is 0 Å². The number of aryl methyl sites for hydroxylation is 1. The van der Waals surface area contributed by atoms with Crippen molar-refractivity contribution in [1.29, 1.82) is 0 Å². The lowest BCUT2D eigenvalue weighted by Gasteiger charge is -2.12. The van der Waals surface area contributed by atoms with Gasteiger partial charge in [0.15, 0.2) is 11.5 Å². The molecule has 0 saturated heterocycles. The van der Waals surface area contributed by atoms with Gasteiger partial charge in [0.1, 0.15) is 28.7 Å². The van der Waals surface area contributed by atoms with E-state index in [-0.39, 0.29) is 29.3 Å². The Labute approximate surface area is 193 Å². The van der Waals surface area contributed by atoms with Crippen LogP contribution in [0.3, 0.4) is 0 Å². The van der Waals surface area contributed by atoms with Gasteiger partial charge in [0, 0.05) is 25.2 Å². The second kappa shape index (κ2) is 8.21. The van der Waals surface area contributed by atoms with Gasteiger partial charge in [-0.25, -0.2) is 9.37 Å². The number of halogens is 1. The molecule has 174 valence electrons. The molecule has 0 aromatic carbocycles. The van der Waals surface area contributed by atoms with Gasteiger partial charge in [-0.2, -0.15) is 14.7 Å².